The molecule has 1 unspecified atom stereocenters. The highest BCUT2D eigenvalue weighted by molar-refractivity contribution is 5.15. The molecule has 3 heteroatoms. The number of aryl methyl sites for hydroxylation is 1. The maximum atomic E-state index is 6.13. The van der Waals surface area contributed by atoms with E-state index in [1.165, 1.54) is 25.1 Å². The molecule has 0 amide bonds. The van der Waals surface area contributed by atoms with Crippen LogP contribution in [-0.4, -0.2) is 55.1 Å². The van der Waals surface area contributed by atoms with Crippen molar-refractivity contribution in [3.8, 4) is 0 Å². The monoisotopic (exact) mass is 275 g/mol. The molecule has 20 heavy (non-hydrogen) atoms. The zero-order valence-electron chi connectivity index (χ0n) is 13.0. The maximum absolute atomic E-state index is 6.13. The fourth-order valence-corrected chi connectivity index (χ4v) is 3.03. The fourth-order valence-electron chi connectivity index (χ4n) is 3.03. The molecule has 0 saturated carbocycles. The molecule has 1 aliphatic rings. The Hall–Kier alpha value is -0.900. The summed E-state index contributed by atoms with van der Waals surface area (Å²) in [7, 11) is 2.22. The van der Waals surface area contributed by atoms with Gasteiger partial charge in [0.1, 0.15) is 0 Å². The molecule has 2 rings (SSSR count). The van der Waals surface area contributed by atoms with Crippen LogP contribution in [0.3, 0.4) is 0 Å². The number of nitrogens with two attached hydrogens (primary N) is 1. The molecule has 1 saturated heterocycles. The molecule has 112 valence electrons. The van der Waals surface area contributed by atoms with Gasteiger partial charge in [-0.05, 0) is 51.9 Å². The Balaban J connectivity index is 1.97. The van der Waals surface area contributed by atoms with E-state index in [1.807, 2.05) is 0 Å². The molecule has 0 radical (unpaired) electrons. The van der Waals surface area contributed by atoms with E-state index < -0.39 is 0 Å². The minimum atomic E-state index is 0.126. The first-order chi connectivity index (χ1) is 9.64. The van der Waals surface area contributed by atoms with Gasteiger partial charge in [-0.2, -0.15) is 0 Å². The third kappa shape index (κ3) is 4.05. The van der Waals surface area contributed by atoms with E-state index >= 15 is 0 Å². The second-order valence-electron chi connectivity index (χ2n) is 6.33. The lowest BCUT2D eigenvalue weighted by molar-refractivity contribution is 0.106. The van der Waals surface area contributed by atoms with Crippen LogP contribution in [0.25, 0.3) is 0 Å². The van der Waals surface area contributed by atoms with Crippen LogP contribution in [0.2, 0.25) is 0 Å². The minimum absolute atomic E-state index is 0.126. The zero-order chi connectivity index (χ0) is 14.4. The van der Waals surface area contributed by atoms with Crippen LogP contribution in [0.5, 0.6) is 0 Å². The topological polar surface area (TPSA) is 32.5 Å². The van der Waals surface area contributed by atoms with Gasteiger partial charge in [-0.3, -0.25) is 4.90 Å². The Labute approximate surface area is 123 Å². The van der Waals surface area contributed by atoms with E-state index in [-0.39, 0.29) is 5.54 Å². The van der Waals surface area contributed by atoms with E-state index in [0.29, 0.717) is 0 Å². The Morgan fingerprint density at radius 3 is 2.55 bits per heavy atom. The lowest BCUT2D eigenvalue weighted by atomic mass is 9.91. The average molecular weight is 275 g/mol. The molecule has 1 aromatic carbocycles. The van der Waals surface area contributed by atoms with Crippen molar-refractivity contribution in [2.45, 2.75) is 31.7 Å². The summed E-state index contributed by atoms with van der Waals surface area (Å²) in [5.74, 6) is 0. The summed E-state index contributed by atoms with van der Waals surface area (Å²) < 4.78 is 0. The summed E-state index contributed by atoms with van der Waals surface area (Å²) in [5, 5.41) is 0. The van der Waals surface area contributed by atoms with Gasteiger partial charge in [0.25, 0.3) is 0 Å². The second-order valence-corrected chi connectivity index (χ2v) is 6.33. The molecule has 1 fully saturated rings. The molecule has 1 aliphatic heterocycles. The highest BCUT2D eigenvalue weighted by atomic mass is 15.2. The number of hydrogen-bond acceptors (Lipinski definition) is 3. The highest BCUT2D eigenvalue weighted by Gasteiger charge is 2.30. The minimum Gasteiger partial charge on any atom is -0.329 e. The summed E-state index contributed by atoms with van der Waals surface area (Å²) in [6.07, 6.45) is 3.50. The molecule has 0 spiro atoms. The van der Waals surface area contributed by atoms with Gasteiger partial charge >= 0.3 is 0 Å². The maximum Gasteiger partial charge on any atom is 0.0307 e. The number of benzene rings is 1. The SMILES string of the molecule is CN1CCCN(C(C)(CN)CCc2ccccc2)CC1. The van der Waals surface area contributed by atoms with E-state index in [2.05, 4.69) is 54.1 Å². The van der Waals surface area contributed by atoms with Crippen molar-refractivity contribution in [2.24, 2.45) is 5.73 Å². The van der Waals surface area contributed by atoms with Gasteiger partial charge in [0.15, 0.2) is 0 Å². The molecule has 1 atom stereocenters. The molecule has 0 bridgehead atoms. The van der Waals surface area contributed by atoms with Crippen LogP contribution in [0.4, 0.5) is 0 Å². The number of hydrogen-bond donors (Lipinski definition) is 1. The molecule has 2 N–H and O–H groups in total. The van der Waals surface area contributed by atoms with Crippen LogP contribution in [0, 0.1) is 0 Å². The quantitative estimate of drug-likeness (QED) is 0.892. The highest BCUT2D eigenvalue weighted by Crippen LogP contribution is 2.22. The van der Waals surface area contributed by atoms with E-state index in [9.17, 15) is 0 Å². The molecular formula is C17H29N3. The predicted octanol–water partition coefficient (Wildman–Crippen LogP) is 1.97. The first kappa shape index (κ1) is 15.5. The first-order valence-electron chi connectivity index (χ1n) is 7.82. The van der Waals surface area contributed by atoms with Crippen molar-refractivity contribution in [3.05, 3.63) is 35.9 Å². The first-order valence-corrected chi connectivity index (χ1v) is 7.82. The average Bonchev–Trinajstić information content (AvgIpc) is 2.71. The van der Waals surface area contributed by atoms with Gasteiger partial charge in [0, 0.05) is 25.2 Å². The Kier molecular flexibility index (Phi) is 5.58. The molecule has 1 aromatic rings. The molecular weight excluding hydrogens is 246 g/mol. The van der Waals surface area contributed by atoms with Gasteiger partial charge < -0.3 is 10.6 Å². The summed E-state index contributed by atoms with van der Waals surface area (Å²) in [5.41, 5.74) is 7.67. The summed E-state index contributed by atoms with van der Waals surface area (Å²) in [4.78, 5) is 5.04. The predicted molar refractivity (Wildman–Crippen MR) is 85.9 cm³/mol. The summed E-state index contributed by atoms with van der Waals surface area (Å²) in [6, 6.07) is 10.8. The second kappa shape index (κ2) is 7.21. The number of rotatable bonds is 5. The Bertz CT molecular complexity index is 392. The summed E-state index contributed by atoms with van der Waals surface area (Å²) >= 11 is 0. The van der Waals surface area contributed by atoms with E-state index in [1.54, 1.807) is 0 Å². The zero-order valence-corrected chi connectivity index (χ0v) is 13.0. The molecule has 1 heterocycles. The smallest absolute Gasteiger partial charge is 0.0307 e. The normalized spacial score (nSPS) is 21.4. The Morgan fingerprint density at radius 2 is 1.85 bits per heavy atom. The van der Waals surface area contributed by atoms with E-state index in [4.69, 9.17) is 5.73 Å². The van der Waals surface area contributed by atoms with Gasteiger partial charge in [-0.1, -0.05) is 30.3 Å². The molecule has 0 aromatic heterocycles. The van der Waals surface area contributed by atoms with Crippen molar-refractivity contribution in [1.29, 1.82) is 0 Å². The van der Waals surface area contributed by atoms with Crippen LogP contribution < -0.4 is 5.73 Å². The third-order valence-electron chi connectivity index (χ3n) is 4.72. The number of likely N-dealkylation sites (N-methyl/N-ethyl adjacent to an activating group) is 1. The van der Waals surface area contributed by atoms with Crippen molar-refractivity contribution in [2.75, 3.05) is 39.8 Å². The summed E-state index contributed by atoms with van der Waals surface area (Å²) in [6.45, 7) is 7.74. The van der Waals surface area contributed by atoms with Crippen molar-refractivity contribution in [3.63, 3.8) is 0 Å². The lowest BCUT2D eigenvalue weighted by Crippen LogP contribution is -2.53. The lowest BCUT2D eigenvalue weighted by Gasteiger charge is -2.40. The fraction of sp³-hybridized carbons (Fsp3) is 0.647. The van der Waals surface area contributed by atoms with Crippen LogP contribution >= 0.6 is 0 Å². The Morgan fingerprint density at radius 1 is 1.10 bits per heavy atom. The van der Waals surface area contributed by atoms with Gasteiger partial charge in [-0.25, -0.2) is 0 Å². The van der Waals surface area contributed by atoms with Crippen LogP contribution in [0.15, 0.2) is 30.3 Å². The number of nitrogens with zero attached hydrogens (tertiary/aromatic N) is 2. The van der Waals surface area contributed by atoms with Crippen molar-refractivity contribution in [1.82, 2.24) is 9.80 Å². The van der Waals surface area contributed by atoms with Gasteiger partial charge in [0.2, 0.25) is 0 Å². The third-order valence-corrected chi connectivity index (χ3v) is 4.72. The van der Waals surface area contributed by atoms with Crippen LogP contribution in [-0.2, 0) is 6.42 Å². The van der Waals surface area contributed by atoms with Crippen LogP contribution in [0.1, 0.15) is 25.3 Å². The molecule has 3 nitrogen and oxygen atoms in total. The largest absolute Gasteiger partial charge is 0.329 e. The van der Waals surface area contributed by atoms with Gasteiger partial charge in [0.05, 0.1) is 0 Å². The van der Waals surface area contributed by atoms with E-state index in [0.717, 1.165) is 32.5 Å². The standard InChI is InChI=1S/C17H29N3/c1-17(15-18,10-9-16-7-4-3-5-8-16)20-12-6-11-19(2)13-14-20/h3-5,7-8H,6,9-15,18H2,1-2H3. The van der Waals surface area contributed by atoms with Crippen molar-refractivity contribution < 1.29 is 0 Å². The van der Waals surface area contributed by atoms with Crippen molar-refractivity contribution >= 4 is 0 Å². The molecule has 0 aliphatic carbocycles. The van der Waals surface area contributed by atoms with Gasteiger partial charge in [-0.15, -0.1) is 0 Å².